The zero-order valence-corrected chi connectivity index (χ0v) is 10.1. The number of benzene rings is 1. The van der Waals surface area contributed by atoms with Gasteiger partial charge in [0.2, 0.25) is 5.91 Å². The number of nitrogens with one attached hydrogen (secondary N) is 1. The second-order valence-electron chi connectivity index (χ2n) is 3.91. The van der Waals surface area contributed by atoms with E-state index in [2.05, 4.69) is 21.2 Å². The van der Waals surface area contributed by atoms with Crippen molar-refractivity contribution >= 4 is 21.8 Å². The molecule has 2 atom stereocenters. The lowest BCUT2D eigenvalue weighted by Gasteiger charge is -2.30. The van der Waals surface area contributed by atoms with Gasteiger partial charge in [0.25, 0.3) is 0 Å². The SMILES string of the molecule is NC1CCC(=O)NC1c1ccc(F)cc1Br. The number of nitrogens with two attached hydrogens (primary N) is 1. The highest BCUT2D eigenvalue weighted by atomic mass is 79.9. The van der Waals surface area contributed by atoms with Crippen LogP contribution in [0, 0.1) is 5.82 Å². The Bertz CT molecular complexity index is 424. The molecular formula is C11H12BrFN2O. The molecular weight excluding hydrogens is 275 g/mol. The van der Waals surface area contributed by atoms with Crippen LogP contribution in [-0.2, 0) is 4.79 Å². The minimum absolute atomic E-state index is 0.0112. The molecule has 1 aliphatic heterocycles. The van der Waals surface area contributed by atoms with Crippen LogP contribution < -0.4 is 11.1 Å². The Kier molecular flexibility index (Phi) is 3.25. The van der Waals surface area contributed by atoms with Crippen LogP contribution in [0.1, 0.15) is 24.4 Å². The van der Waals surface area contributed by atoms with Gasteiger partial charge in [-0.25, -0.2) is 4.39 Å². The minimum Gasteiger partial charge on any atom is -0.348 e. The Labute approximate surface area is 101 Å². The molecule has 1 aromatic carbocycles. The summed E-state index contributed by atoms with van der Waals surface area (Å²) in [5.74, 6) is -0.325. The molecule has 16 heavy (non-hydrogen) atoms. The van der Waals surface area contributed by atoms with E-state index in [0.717, 1.165) is 5.56 Å². The highest BCUT2D eigenvalue weighted by Gasteiger charge is 2.28. The van der Waals surface area contributed by atoms with Crippen molar-refractivity contribution in [3.05, 3.63) is 34.1 Å². The molecule has 1 amide bonds. The average molecular weight is 287 g/mol. The van der Waals surface area contributed by atoms with Gasteiger partial charge in [0.1, 0.15) is 5.82 Å². The molecule has 3 N–H and O–H groups in total. The van der Waals surface area contributed by atoms with E-state index in [1.54, 1.807) is 6.07 Å². The first-order valence-electron chi connectivity index (χ1n) is 5.08. The Morgan fingerprint density at radius 2 is 2.25 bits per heavy atom. The lowest BCUT2D eigenvalue weighted by Crippen LogP contribution is -2.45. The van der Waals surface area contributed by atoms with Gasteiger partial charge in [-0.05, 0) is 24.1 Å². The number of rotatable bonds is 1. The summed E-state index contributed by atoms with van der Waals surface area (Å²) in [6.45, 7) is 0. The molecule has 2 unspecified atom stereocenters. The fraction of sp³-hybridized carbons (Fsp3) is 0.364. The molecule has 1 aromatic rings. The first-order valence-corrected chi connectivity index (χ1v) is 5.87. The van der Waals surface area contributed by atoms with Crippen molar-refractivity contribution in [1.82, 2.24) is 5.32 Å². The molecule has 3 nitrogen and oxygen atoms in total. The quantitative estimate of drug-likeness (QED) is 0.828. The third kappa shape index (κ3) is 2.25. The molecule has 0 aromatic heterocycles. The summed E-state index contributed by atoms with van der Waals surface area (Å²) in [5, 5.41) is 2.83. The Morgan fingerprint density at radius 3 is 2.94 bits per heavy atom. The third-order valence-corrected chi connectivity index (χ3v) is 3.43. The van der Waals surface area contributed by atoms with Crippen molar-refractivity contribution in [1.29, 1.82) is 0 Å². The van der Waals surface area contributed by atoms with E-state index in [9.17, 15) is 9.18 Å². The largest absolute Gasteiger partial charge is 0.348 e. The number of carbonyl (C=O) groups is 1. The van der Waals surface area contributed by atoms with E-state index < -0.39 is 0 Å². The lowest BCUT2D eigenvalue weighted by molar-refractivity contribution is -0.123. The van der Waals surface area contributed by atoms with Crippen molar-refractivity contribution in [3.63, 3.8) is 0 Å². The second-order valence-corrected chi connectivity index (χ2v) is 4.77. The van der Waals surface area contributed by atoms with Crippen molar-refractivity contribution in [3.8, 4) is 0 Å². The smallest absolute Gasteiger partial charge is 0.220 e. The number of hydrogen-bond donors (Lipinski definition) is 2. The van der Waals surface area contributed by atoms with E-state index >= 15 is 0 Å². The van der Waals surface area contributed by atoms with Crippen molar-refractivity contribution < 1.29 is 9.18 Å². The molecule has 1 saturated heterocycles. The van der Waals surface area contributed by atoms with Gasteiger partial charge < -0.3 is 11.1 Å². The van der Waals surface area contributed by atoms with Gasteiger partial charge in [-0.1, -0.05) is 22.0 Å². The number of halogens is 2. The molecule has 1 heterocycles. The van der Waals surface area contributed by atoms with Crippen LogP contribution in [0.2, 0.25) is 0 Å². The van der Waals surface area contributed by atoms with Crippen LogP contribution in [0.4, 0.5) is 4.39 Å². The third-order valence-electron chi connectivity index (χ3n) is 2.75. The predicted molar refractivity (Wildman–Crippen MR) is 62.2 cm³/mol. The van der Waals surface area contributed by atoms with E-state index in [0.29, 0.717) is 17.3 Å². The summed E-state index contributed by atoms with van der Waals surface area (Å²) in [6, 6.07) is 4.03. The van der Waals surface area contributed by atoms with E-state index in [1.807, 2.05) is 0 Å². The number of carbonyl (C=O) groups excluding carboxylic acids is 1. The molecule has 2 rings (SSSR count). The van der Waals surface area contributed by atoms with Crippen LogP contribution >= 0.6 is 15.9 Å². The fourth-order valence-corrected chi connectivity index (χ4v) is 2.48. The van der Waals surface area contributed by atoms with Crippen molar-refractivity contribution in [2.24, 2.45) is 5.73 Å². The number of hydrogen-bond acceptors (Lipinski definition) is 2. The highest BCUT2D eigenvalue weighted by Crippen LogP contribution is 2.29. The maximum Gasteiger partial charge on any atom is 0.220 e. The van der Waals surface area contributed by atoms with Crippen LogP contribution in [-0.4, -0.2) is 11.9 Å². The molecule has 1 fully saturated rings. The fourth-order valence-electron chi connectivity index (χ4n) is 1.88. The van der Waals surface area contributed by atoms with E-state index in [4.69, 9.17) is 5.73 Å². The maximum atomic E-state index is 12.9. The van der Waals surface area contributed by atoms with Gasteiger partial charge in [0.05, 0.1) is 6.04 Å². The standard InChI is InChI=1S/C11H12BrFN2O/c12-8-5-6(13)1-2-7(8)11-9(14)3-4-10(16)15-11/h1-2,5,9,11H,3-4,14H2,(H,15,16). The zero-order chi connectivity index (χ0) is 11.7. The molecule has 0 aliphatic carbocycles. The summed E-state index contributed by atoms with van der Waals surface area (Å²) >= 11 is 3.28. The lowest BCUT2D eigenvalue weighted by atomic mass is 9.93. The van der Waals surface area contributed by atoms with Gasteiger partial charge in [-0.3, -0.25) is 4.79 Å². The number of amides is 1. The van der Waals surface area contributed by atoms with Gasteiger partial charge in [-0.2, -0.15) is 0 Å². The van der Waals surface area contributed by atoms with Crippen LogP contribution in [0.5, 0.6) is 0 Å². The molecule has 86 valence electrons. The molecule has 5 heteroatoms. The van der Waals surface area contributed by atoms with Crippen molar-refractivity contribution in [2.75, 3.05) is 0 Å². The van der Waals surface area contributed by atoms with Gasteiger partial charge in [-0.15, -0.1) is 0 Å². The molecule has 0 radical (unpaired) electrons. The van der Waals surface area contributed by atoms with Gasteiger partial charge in [0, 0.05) is 16.9 Å². The molecule has 1 aliphatic rings. The Morgan fingerprint density at radius 1 is 1.50 bits per heavy atom. The van der Waals surface area contributed by atoms with Crippen LogP contribution in [0.3, 0.4) is 0 Å². The Balaban J connectivity index is 2.31. The summed E-state index contributed by atoms with van der Waals surface area (Å²) in [5.41, 5.74) is 6.77. The first-order chi connectivity index (χ1) is 7.58. The maximum absolute atomic E-state index is 12.9. The van der Waals surface area contributed by atoms with E-state index in [1.165, 1.54) is 12.1 Å². The summed E-state index contributed by atoms with van der Waals surface area (Å²) < 4.78 is 13.6. The van der Waals surface area contributed by atoms with Crippen molar-refractivity contribution in [2.45, 2.75) is 24.9 Å². The summed E-state index contributed by atoms with van der Waals surface area (Å²) in [7, 11) is 0. The van der Waals surface area contributed by atoms with Gasteiger partial charge >= 0.3 is 0 Å². The first kappa shape index (κ1) is 11.5. The number of piperidine rings is 1. The molecule has 0 spiro atoms. The average Bonchev–Trinajstić information content (AvgIpc) is 2.22. The Hall–Kier alpha value is -0.940. The van der Waals surface area contributed by atoms with E-state index in [-0.39, 0.29) is 23.8 Å². The van der Waals surface area contributed by atoms with Gasteiger partial charge in [0.15, 0.2) is 0 Å². The monoisotopic (exact) mass is 286 g/mol. The summed E-state index contributed by atoms with van der Waals surface area (Å²) in [4.78, 5) is 11.3. The summed E-state index contributed by atoms with van der Waals surface area (Å²) in [6.07, 6.45) is 1.11. The molecule has 0 saturated carbocycles. The normalized spacial score (nSPS) is 25.3. The topological polar surface area (TPSA) is 55.1 Å². The van der Waals surface area contributed by atoms with Crippen LogP contribution in [0.25, 0.3) is 0 Å². The highest BCUT2D eigenvalue weighted by molar-refractivity contribution is 9.10. The zero-order valence-electron chi connectivity index (χ0n) is 8.54. The molecule has 0 bridgehead atoms. The second kappa shape index (κ2) is 4.51. The minimum atomic E-state index is -0.314. The van der Waals surface area contributed by atoms with Crippen LogP contribution in [0.15, 0.2) is 22.7 Å². The predicted octanol–water partition coefficient (Wildman–Crippen LogP) is 1.87.